The molecule has 0 aromatic heterocycles. The molecule has 0 saturated heterocycles. The van der Waals surface area contributed by atoms with Crippen molar-refractivity contribution < 1.29 is 14.3 Å². The van der Waals surface area contributed by atoms with Gasteiger partial charge in [0.25, 0.3) is 11.8 Å². The maximum absolute atomic E-state index is 13.5. The van der Waals surface area contributed by atoms with Gasteiger partial charge in [-0.15, -0.1) is 0 Å². The first kappa shape index (κ1) is 22.6. The number of carbonyl (C=O) groups excluding carboxylic acids is 2. The smallest absolute Gasteiger partial charge is 0.278 e. The van der Waals surface area contributed by atoms with E-state index >= 15 is 0 Å². The second kappa shape index (κ2) is 9.51. The van der Waals surface area contributed by atoms with Crippen molar-refractivity contribution >= 4 is 34.7 Å². The molecule has 1 N–H and O–H groups in total. The van der Waals surface area contributed by atoms with E-state index in [1.807, 2.05) is 69.3 Å². The van der Waals surface area contributed by atoms with E-state index in [0.717, 1.165) is 16.8 Å². The number of nitrogens with zero attached hydrogens (tertiary/aromatic N) is 1. The summed E-state index contributed by atoms with van der Waals surface area (Å²) in [5, 5.41) is 3.81. The Morgan fingerprint density at radius 1 is 0.939 bits per heavy atom. The first-order chi connectivity index (χ1) is 15.8. The van der Waals surface area contributed by atoms with E-state index in [1.165, 1.54) is 4.90 Å². The van der Waals surface area contributed by atoms with Gasteiger partial charge < -0.3 is 10.1 Å². The summed E-state index contributed by atoms with van der Waals surface area (Å²) < 4.78 is 5.72. The summed E-state index contributed by atoms with van der Waals surface area (Å²) >= 11 is 6.09. The number of ether oxygens (including phenoxy) is 1. The average Bonchev–Trinajstić information content (AvgIpc) is 3.01. The van der Waals surface area contributed by atoms with E-state index < -0.39 is 0 Å². The lowest BCUT2D eigenvalue weighted by atomic mass is 10.0. The van der Waals surface area contributed by atoms with Crippen molar-refractivity contribution in [1.82, 2.24) is 4.90 Å². The third-order valence-electron chi connectivity index (χ3n) is 5.31. The van der Waals surface area contributed by atoms with Crippen LogP contribution in [0.3, 0.4) is 0 Å². The summed E-state index contributed by atoms with van der Waals surface area (Å²) in [6.07, 6.45) is 0.0382. The van der Waals surface area contributed by atoms with E-state index in [2.05, 4.69) is 5.32 Å². The molecule has 0 bridgehead atoms. The minimum absolute atomic E-state index is 0.0382. The van der Waals surface area contributed by atoms with Crippen LogP contribution in [0.1, 0.15) is 30.5 Å². The maximum Gasteiger partial charge on any atom is 0.278 e. The van der Waals surface area contributed by atoms with Crippen LogP contribution in [-0.4, -0.2) is 22.8 Å². The SMILES string of the molecule is Cc1cc(Cl)ccc1NC1=C(c2ccc(OC(C)C)cc2)C(=O)N(Cc2ccccc2)C1=O. The number of carbonyl (C=O) groups is 2. The third kappa shape index (κ3) is 4.94. The van der Waals surface area contributed by atoms with Crippen LogP contribution in [0.2, 0.25) is 5.02 Å². The Bertz CT molecular complexity index is 1220. The van der Waals surface area contributed by atoms with E-state index in [4.69, 9.17) is 16.3 Å². The molecule has 168 valence electrons. The summed E-state index contributed by atoms with van der Waals surface area (Å²) in [6, 6.07) is 22.1. The Hall–Kier alpha value is -3.57. The fourth-order valence-electron chi connectivity index (χ4n) is 3.74. The fraction of sp³-hybridized carbons (Fsp3) is 0.185. The zero-order valence-corrected chi connectivity index (χ0v) is 19.5. The first-order valence-corrected chi connectivity index (χ1v) is 11.2. The highest BCUT2D eigenvalue weighted by Crippen LogP contribution is 2.33. The van der Waals surface area contributed by atoms with Crippen LogP contribution < -0.4 is 10.1 Å². The van der Waals surface area contributed by atoms with Gasteiger partial charge in [0, 0.05) is 10.7 Å². The Balaban J connectivity index is 1.73. The van der Waals surface area contributed by atoms with Crippen molar-refractivity contribution in [3.63, 3.8) is 0 Å². The van der Waals surface area contributed by atoms with Crippen LogP contribution >= 0.6 is 11.6 Å². The van der Waals surface area contributed by atoms with Gasteiger partial charge in [0.05, 0.1) is 18.2 Å². The predicted molar refractivity (Wildman–Crippen MR) is 131 cm³/mol. The second-order valence-electron chi connectivity index (χ2n) is 8.21. The summed E-state index contributed by atoms with van der Waals surface area (Å²) in [5.74, 6) is 0.00141. The molecule has 5 nitrogen and oxygen atoms in total. The van der Waals surface area contributed by atoms with E-state index in [1.54, 1.807) is 24.3 Å². The zero-order valence-electron chi connectivity index (χ0n) is 18.8. The van der Waals surface area contributed by atoms with Gasteiger partial charge in [-0.2, -0.15) is 0 Å². The molecule has 6 heteroatoms. The molecular formula is C27H25ClN2O3. The topological polar surface area (TPSA) is 58.6 Å². The van der Waals surface area contributed by atoms with Gasteiger partial charge in [0.1, 0.15) is 11.4 Å². The normalized spacial score (nSPS) is 13.8. The number of benzene rings is 3. The zero-order chi connectivity index (χ0) is 23.5. The van der Waals surface area contributed by atoms with Gasteiger partial charge >= 0.3 is 0 Å². The Morgan fingerprint density at radius 2 is 1.64 bits per heavy atom. The average molecular weight is 461 g/mol. The molecule has 1 heterocycles. The largest absolute Gasteiger partial charge is 0.491 e. The highest BCUT2D eigenvalue weighted by Gasteiger charge is 2.39. The summed E-state index contributed by atoms with van der Waals surface area (Å²) in [7, 11) is 0. The highest BCUT2D eigenvalue weighted by atomic mass is 35.5. The molecule has 1 aliphatic heterocycles. The van der Waals surface area contributed by atoms with E-state index in [0.29, 0.717) is 21.9 Å². The summed E-state index contributed by atoms with van der Waals surface area (Å²) in [6.45, 7) is 6.00. The van der Waals surface area contributed by atoms with Gasteiger partial charge in [-0.1, -0.05) is 54.1 Å². The van der Waals surface area contributed by atoms with Crippen molar-refractivity contribution in [2.24, 2.45) is 0 Å². The molecule has 2 amide bonds. The number of hydrogen-bond acceptors (Lipinski definition) is 4. The molecule has 0 spiro atoms. The number of aryl methyl sites for hydroxylation is 1. The van der Waals surface area contributed by atoms with Crippen molar-refractivity contribution in [3.05, 3.63) is 100 Å². The van der Waals surface area contributed by atoms with Crippen LogP contribution in [-0.2, 0) is 16.1 Å². The van der Waals surface area contributed by atoms with Gasteiger partial charge in [0.15, 0.2) is 0 Å². The lowest BCUT2D eigenvalue weighted by Gasteiger charge is -2.16. The van der Waals surface area contributed by atoms with Gasteiger partial charge in [-0.3, -0.25) is 14.5 Å². The predicted octanol–water partition coefficient (Wildman–Crippen LogP) is 5.83. The Kier molecular flexibility index (Phi) is 6.52. The van der Waals surface area contributed by atoms with Crippen molar-refractivity contribution in [2.45, 2.75) is 33.4 Å². The molecule has 4 rings (SSSR count). The number of imide groups is 1. The fourth-order valence-corrected chi connectivity index (χ4v) is 3.97. The highest BCUT2D eigenvalue weighted by molar-refractivity contribution is 6.36. The molecular weight excluding hydrogens is 436 g/mol. The Morgan fingerprint density at radius 3 is 2.27 bits per heavy atom. The maximum atomic E-state index is 13.5. The Labute approximate surface area is 198 Å². The first-order valence-electron chi connectivity index (χ1n) is 10.8. The number of amides is 2. The van der Waals surface area contributed by atoms with Crippen LogP contribution in [0.5, 0.6) is 5.75 Å². The number of rotatable bonds is 7. The summed E-state index contributed by atoms with van der Waals surface area (Å²) in [5.41, 5.74) is 3.70. The van der Waals surface area contributed by atoms with Crippen LogP contribution in [0.25, 0.3) is 5.57 Å². The third-order valence-corrected chi connectivity index (χ3v) is 5.55. The molecule has 0 fully saturated rings. The molecule has 0 unspecified atom stereocenters. The van der Waals surface area contributed by atoms with Crippen LogP contribution in [0, 0.1) is 6.92 Å². The minimum atomic E-state index is -0.365. The minimum Gasteiger partial charge on any atom is -0.491 e. The summed E-state index contributed by atoms with van der Waals surface area (Å²) in [4.78, 5) is 28.2. The van der Waals surface area contributed by atoms with E-state index in [-0.39, 0.29) is 30.2 Å². The molecule has 0 atom stereocenters. The van der Waals surface area contributed by atoms with Crippen LogP contribution in [0.4, 0.5) is 5.69 Å². The van der Waals surface area contributed by atoms with Gasteiger partial charge in [0.2, 0.25) is 0 Å². The lowest BCUT2D eigenvalue weighted by Crippen LogP contribution is -2.32. The molecule has 0 radical (unpaired) electrons. The number of hydrogen-bond donors (Lipinski definition) is 1. The van der Waals surface area contributed by atoms with Crippen molar-refractivity contribution in [1.29, 1.82) is 0 Å². The molecule has 3 aromatic rings. The molecule has 33 heavy (non-hydrogen) atoms. The standard InChI is InChI=1S/C27H25ClN2O3/c1-17(2)33-22-12-9-20(10-13-22)24-25(29-23-14-11-21(28)15-18(23)3)27(32)30(26(24)31)16-19-7-5-4-6-8-19/h4-15,17,29H,16H2,1-3H3. The number of nitrogens with one attached hydrogen (secondary N) is 1. The molecule has 0 aliphatic carbocycles. The number of halogens is 1. The molecule has 3 aromatic carbocycles. The van der Waals surface area contributed by atoms with Crippen LogP contribution in [0.15, 0.2) is 78.5 Å². The molecule has 0 saturated carbocycles. The van der Waals surface area contributed by atoms with Crippen molar-refractivity contribution in [2.75, 3.05) is 5.32 Å². The van der Waals surface area contributed by atoms with Gasteiger partial charge in [-0.05, 0) is 67.8 Å². The molecule has 1 aliphatic rings. The van der Waals surface area contributed by atoms with Crippen molar-refractivity contribution in [3.8, 4) is 5.75 Å². The van der Waals surface area contributed by atoms with E-state index in [9.17, 15) is 9.59 Å². The quantitative estimate of drug-likeness (QED) is 0.451. The monoisotopic (exact) mass is 460 g/mol. The van der Waals surface area contributed by atoms with Gasteiger partial charge in [-0.25, -0.2) is 0 Å². The number of anilines is 1. The lowest BCUT2D eigenvalue weighted by molar-refractivity contribution is -0.137. The second-order valence-corrected chi connectivity index (χ2v) is 8.64.